The number of carbonyl (C=O) groups is 4. The zero-order valence-corrected chi connectivity index (χ0v) is 20.2. The van der Waals surface area contributed by atoms with Crippen molar-refractivity contribution < 1.29 is 48.0 Å². The maximum Gasteiger partial charge on any atom is 0.409 e. The van der Waals surface area contributed by atoms with Gasteiger partial charge in [0.1, 0.15) is 11.4 Å². The largest absolute Gasteiger partial charge is 0.504 e. The third kappa shape index (κ3) is 4.99. The van der Waals surface area contributed by atoms with Crippen LogP contribution in [0.5, 0.6) is 11.5 Å². The number of likely N-dealkylation sites (tertiary alicyclic amines) is 2. The van der Waals surface area contributed by atoms with Crippen molar-refractivity contribution in [1.29, 1.82) is 0 Å². The summed E-state index contributed by atoms with van der Waals surface area (Å²) in [6.45, 7) is 2.04. The third-order valence-corrected chi connectivity index (χ3v) is 7.54. The quantitative estimate of drug-likeness (QED) is 0.177. The second-order valence-electron chi connectivity index (χ2n) is 8.58. The van der Waals surface area contributed by atoms with Gasteiger partial charge in [0.05, 0.1) is 16.6 Å². The Labute approximate surface area is 206 Å². The summed E-state index contributed by atoms with van der Waals surface area (Å²) in [5.74, 6) is -3.77. The van der Waals surface area contributed by atoms with Gasteiger partial charge < -0.3 is 39.7 Å². The molecule has 2 aliphatic heterocycles. The first-order valence-electron chi connectivity index (χ1n) is 10.4. The summed E-state index contributed by atoms with van der Waals surface area (Å²) in [6.07, 6.45) is -0.798. The van der Waals surface area contributed by atoms with E-state index in [2.05, 4.69) is 5.32 Å². The predicted octanol–water partition coefficient (Wildman–Crippen LogP) is 0.356. The number of carbonyl (C=O) groups excluding carboxylic acids is 3. The van der Waals surface area contributed by atoms with Gasteiger partial charge in [0.15, 0.2) is 28.6 Å². The molecule has 0 aromatic heterocycles. The Morgan fingerprint density at radius 3 is 2.46 bits per heavy atom. The molecule has 2 heterocycles. The number of nitrogens with zero attached hydrogens (tertiary/aromatic N) is 2. The minimum Gasteiger partial charge on any atom is -0.504 e. The van der Waals surface area contributed by atoms with Crippen molar-refractivity contribution in [1.82, 2.24) is 15.1 Å². The molecule has 1 aromatic rings. The maximum absolute atomic E-state index is 12.4. The van der Waals surface area contributed by atoms with Crippen molar-refractivity contribution in [2.24, 2.45) is 0 Å². The number of ether oxygens (including phenoxy) is 1. The minimum atomic E-state index is -2.77. The van der Waals surface area contributed by atoms with E-state index in [9.17, 15) is 43.3 Å². The summed E-state index contributed by atoms with van der Waals surface area (Å²) >= 11 is 3.09. The normalized spacial score (nSPS) is 21.3. The molecule has 2 fully saturated rings. The van der Waals surface area contributed by atoms with E-state index >= 15 is 0 Å². The van der Waals surface area contributed by atoms with E-state index in [1.807, 2.05) is 0 Å². The molecule has 4 atom stereocenters. The highest BCUT2D eigenvalue weighted by Gasteiger charge is 2.55. The Bertz CT molecular complexity index is 1100. The number of hydrogen-bond acceptors (Lipinski definition) is 8. The molecule has 0 aliphatic carbocycles. The number of rotatable bonds is 8. The van der Waals surface area contributed by atoms with Crippen LogP contribution in [0.3, 0.4) is 0 Å². The molecule has 2 aliphatic rings. The van der Waals surface area contributed by atoms with Crippen molar-refractivity contribution in [3.05, 3.63) is 22.7 Å². The third-order valence-electron chi connectivity index (χ3n) is 6.02. The fourth-order valence-corrected chi connectivity index (χ4v) is 4.71. The molecule has 15 heteroatoms. The van der Waals surface area contributed by atoms with Crippen molar-refractivity contribution in [3.63, 3.8) is 0 Å². The first kappa shape index (κ1) is 26.5. The van der Waals surface area contributed by atoms with E-state index in [0.717, 1.165) is 17.9 Å². The molecule has 35 heavy (non-hydrogen) atoms. The monoisotopic (exact) mass is 533 g/mol. The van der Waals surface area contributed by atoms with E-state index < -0.39 is 75.9 Å². The number of carboxylic acids is 1. The molecule has 5 N–H and O–H groups in total. The van der Waals surface area contributed by atoms with Gasteiger partial charge in [-0.15, -0.1) is 0 Å². The Hall–Kier alpha value is -3.10. The van der Waals surface area contributed by atoms with Gasteiger partial charge in [-0.05, 0) is 26.0 Å². The van der Waals surface area contributed by atoms with Crippen LogP contribution in [0.2, 0.25) is 5.02 Å². The summed E-state index contributed by atoms with van der Waals surface area (Å²) in [6, 6.07) is -0.317. The van der Waals surface area contributed by atoms with E-state index in [0.29, 0.717) is 0 Å². The SMILES string of the molecule is C[C@@H]1CC(=O)N1[C@@H](C(=O)O)[C@](C)(COC(=O)N1CC(NC(=O)c2ccc(O)c(O)c2Cl)C1)S(=O)O. The fraction of sp³-hybridized carbons (Fsp3) is 0.500. The Kier molecular flexibility index (Phi) is 7.48. The molecular weight excluding hydrogens is 510 g/mol. The number of carboxylic acid groups (broad SMARTS) is 1. The summed E-state index contributed by atoms with van der Waals surface area (Å²) < 4.78 is 25.0. The molecule has 192 valence electrons. The molecule has 0 radical (unpaired) electrons. The van der Waals surface area contributed by atoms with Gasteiger partial charge in [-0.2, -0.15) is 0 Å². The van der Waals surface area contributed by atoms with Crippen LogP contribution < -0.4 is 5.32 Å². The summed E-state index contributed by atoms with van der Waals surface area (Å²) in [5, 5.41) is 31.0. The molecule has 1 aromatic carbocycles. The lowest BCUT2D eigenvalue weighted by molar-refractivity contribution is -0.163. The van der Waals surface area contributed by atoms with Crippen LogP contribution in [0.25, 0.3) is 0 Å². The van der Waals surface area contributed by atoms with Crippen molar-refractivity contribution >= 4 is 46.6 Å². The van der Waals surface area contributed by atoms with Crippen molar-refractivity contribution in [3.8, 4) is 11.5 Å². The van der Waals surface area contributed by atoms with Crippen LogP contribution in [-0.2, 0) is 25.4 Å². The number of phenols is 2. The number of hydrogen-bond donors (Lipinski definition) is 5. The summed E-state index contributed by atoms with van der Waals surface area (Å²) in [4.78, 5) is 50.7. The van der Waals surface area contributed by atoms with Gasteiger partial charge in [-0.1, -0.05) is 11.6 Å². The van der Waals surface area contributed by atoms with E-state index in [1.165, 1.54) is 11.0 Å². The number of benzene rings is 1. The molecule has 13 nitrogen and oxygen atoms in total. The topological polar surface area (TPSA) is 194 Å². The highest BCUT2D eigenvalue weighted by atomic mass is 35.5. The Morgan fingerprint density at radius 1 is 1.31 bits per heavy atom. The fourth-order valence-electron chi connectivity index (χ4n) is 3.90. The van der Waals surface area contributed by atoms with Gasteiger partial charge in [-0.25, -0.2) is 13.8 Å². The molecule has 0 saturated carbocycles. The maximum atomic E-state index is 12.4. The van der Waals surface area contributed by atoms with Gasteiger partial charge in [0.25, 0.3) is 5.91 Å². The van der Waals surface area contributed by atoms with Crippen LogP contribution >= 0.6 is 11.6 Å². The van der Waals surface area contributed by atoms with Crippen molar-refractivity contribution in [2.75, 3.05) is 19.7 Å². The number of phenolic OH excluding ortho intramolecular Hbond substituents is 2. The number of halogens is 1. The highest BCUT2D eigenvalue weighted by Crippen LogP contribution is 2.35. The molecule has 3 amide bonds. The van der Waals surface area contributed by atoms with Gasteiger partial charge in [0.2, 0.25) is 5.91 Å². The number of aliphatic carboxylic acids is 1. The minimum absolute atomic E-state index is 0.0230. The number of amides is 3. The summed E-state index contributed by atoms with van der Waals surface area (Å²) in [5.41, 5.74) is -0.0846. The molecule has 3 rings (SSSR count). The lowest BCUT2D eigenvalue weighted by Gasteiger charge is -2.47. The molecule has 0 spiro atoms. The van der Waals surface area contributed by atoms with Gasteiger partial charge >= 0.3 is 12.1 Å². The van der Waals surface area contributed by atoms with E-state index in [4.69, 9.17) is 16.3 Å². The van der Waals surface area contributed by atoms with Gasteiger partial charge in [0, 0.05) is 25.6 Å². The zero-order chi connectivity index (χ0) is 26.2. The number of β-lactam (4-membered cyclic amide) rings is 1. The standard InChI is InChI=1S/C20H24ClN3O10S/c1-9-5-13(26)24(9)16(18(29)30)20(2,35(32)33)8-34-19(31)23-6-10(7-23)22-17(28)11-3-4-12(25)15(27)14(11)21/h3-4,9-10,16,25,27H,5-8H2,1-2H3,(H,22,28)(H,29,30)(H,32,33)/t9-,16+,20+/m1/s1. The summed E-state index contributed by atoms with van der Waals surface area (Å²) in [7, 11) is 0. The second-order valence-corrected chi connectivity index (χ2v) is 10.4. The predicted molar refractivity (Wildman–Crippen MR) is 120 cm³/mol. The van der Waals surface area contributed by atoms with Crippen LogP contribution in [-0.4, -0.2) is 100 Å². The second kappa shape index (κ2) is 9.87. The molecular formula is C20H24ClN3O10S. The first-order chi connectivity index (χ1) is 16.3. The highest BCUT2D eigenvalue weighted by molar-refractivity contribution is 7.80. The van der Waals surface area contributed by atoms with Crippen LogP contribution in [0, 0.1) is 0 Å². The molecule has 1 unspecified atom stereocenters. The van der Waals surface area contributed by atoms with E-state index in [1.54, 1.807) is 6.92 Å². The van der Waals surface area contributed by atoms with Crippen molar-refractivity contribution in [2.45, 2.75) is 43.1 Å². The van der Waals surface area contributed by atoms with Crippen LogP contribution in [0.1, 0.15) is 30.6 Å². The average molecular weight is 534 g/mol. The van der Waals surface area contributed by atoms with E-state index in [-0.39, 0.29) is 30.1 Å². The van der Waals surface area contributed by atoms with Gasteiger partial charge in [-0.3, -0.25) is 9.59 Å². The molecule has 0 bridgehead atoms. The zero-order valence-electron chi connectivity index (χ0n) is 18.6. The van der Waals surface area contributed by atoms with Crippen LogP contribution in [0.15, 0.2) is 12.1 Å². The average Bonchev–Trinajstić information content (AvgIpc) is 2.75. The number of nitrogens with one attached hydrogen (secondary N) is 1. The lowest BCUT2D eigenvalue weighted by atomic mass is 9.92. The first-order valence-corrected chi connectivity index (χ1v) is 11.8. The lowest BCUT2D eigenvalue weighted by Crippen LogP contribution is -2.68. The number of aromatic hydroxyl groups is 2. The Balaban J connectivity index is 1.58. The van der Waals surface area contributed by atoms with Crippen LogP contribution in [0.4, 0.5) is 4.79 Å². The molecule has 2 saturated heterocycles. The Morgan fingerprint density at radius 2 is 1.94 bits per heavy atom. The smallest absolute Gasteiger partial charge is 0.409 e.